The second kappa shape index (κ2) is 7.41. The number of hydrogen-bond donors (Lipinski definition) is 1. The molecule has 0 radical (unpaired) electrons. The largest absolute Gasteiger partial charge is 0.344 e. The number of carbonyl (C=O) groups excluding carboxylic acids is 1. The standard InChI is InChI=1S/C16H25N3O/c1-18(11-12-19-9-5-6-10-19)16(20)13-15(17)14-7-3-2-4-8-14/h2-4,7-8,15H,5-6,9-13,17H2,1H3. The third kappa shape index (κ3) is 4.32. The zero-order valence-electron chi connectivity index (χ0n) is 12.3. The summed E-state index contributed by atoms with van der Waals surface area (Å²) in [5, 5.41) is 0. The van der Waals surface area contributed by atoms with Crippen molar-refractivity contribution in [3.8, 4) is 0 Å². The van der Waals surface area contributed by atoms with E-state index < -0.39 is 0 Å². The number of likely N-dealkylation sites (N-methyl/N-ethyl adjacent to an activating group) is 1. The van der Waals surface area contributed by atoms with E-state index >= 15 is 0 Å². The number of amides is 1. The maximum absolute atomic E-state index is 12.2. The maximum Gasteiger partial charge on any atom is 0.224 e. The van der Waals surface area contributed by atoms with Gasteiger partial charge >= 0.3 is 0 Å². The lowest BCUT2D eigenvalue weighted by Crippen LogP contribution is -2.36. The van der Waals surface area contributed by atoms with E-state index in [1.165, 1.54) is 25.9 Å². The summed E-state index contributed by atoms with van der Waals surface area (Å²) in [5.74, 6) is 0.126. The van der Waals surface area contributed by atoms with Gasteiger partial charge < -0.3 is 15.5 Å². The summed E-state index contributed by atoms with van der Waals surface area (Å²) < 4.78 is 0. The number of hydrogen-bond acceptors (Lipinski definition) is 3. The lowest BCUT2D eigenvalue weighted by Gasteiger charge is -2.23. The number of nitrogens with two attached hydrogens (primary N) is 1. The number of benzene rings is 1. The van der Waals surface area contributed by atoms with Gasteiger partial charge in [-0.1, -0.05) is 30.3 Å². The van der Waals surface area contributed by atoms with Crippen molar-refractivity contribution in [2.24, 2.45) is 5.73 Å². The van der Waals surface area contributed by atoms with Crippen molar-refractivity contribution in [3.05, 3.63) is 35.9 Å². The van der Waals surface area contributed by atoms with Gasteiger partial charge in [-0.05, 0) is 31.5 Å². The highest BCUT2D eigenvalue weighted by Crippen LogP contribution is 2.14. The average molecular weight is 275 g/mol. The Kier molecular flexibility index (Phi) is 5.56. The summed E-state index contributed by atoms with van der Waals surface area (Å²) in [7, 11) is 1.87. The Labute approximate surface area is 121 Å². The van der Waals surface area contributed by atoms with Crippen LogP contribution in [0.25, 0.3) is 0 Å². The Morgan fingerprint density at radius 3 is 2.60 bits per heavy atom. The van der Waals surface area contributed by atoms with Gasteiger partial charge in [0, 0.05) is 32.6 Å². The van der Waals surface area contributed by atoms with Gasteiger partial charge in [0.25, 0.3) is 0 Å². The molecule has 0 bridgehead atoms. The van der Waals surface area contributed by atoms with Gasteiger partial charge in [0.05, 0.1) is 0 Å². The van der Waals surface area contributed by atoms with Gasteiger partial charge in [-0.15, -0.1) is 0 Å². The first kappa shape index (κ1) is 15.0. The molecule has 2 N–H and O–H groups in total. The van der Waals surface area contributed by atoms with Gasteiger partial charge in [-0.2, -0.15) is 0 Å². The fourth-order valence-electron chi connectivity index (χ4n) is 2.58. The van der Waals surface area contributed by atoms with Crippen LogP contribution in [0.4, 0.5) is 0 Å². The van der Waals surface area contributed by atoms with Crippen LogP contribution in [0.2, 0.25) is 0 Å². The molecule has 2 rings (SSSR count). The molecule has 0 spiro atoms. The molecule has 1 aliphatic heterocycles. The van der Waals surface area contributed by atoms with Gasteiger partial charge in [0.15, 0.2) is 0 Å². The Hall–Kier alpha value is -1.39. The summed E-state index contributed by atoms with van der Waals surface area (Å²) in [6.45, 7) is 4.11. The molecular weight excluding hydrogens is 250 g/mol. The number of nitrogens with zero attached hydrogens (tertiary/aromatic N) is 2. The molecule has 4 heteroatoms. The molecule has 1 aliphatic rings. The molecule has 4 nitrogen and oxygen atoms in total. The highest BCUT2D eigenvalue weighted by Gasteiger charge is 2.17. The van der Waals surface area contributed by atoms with Crippen molar-refractivity contribution in [3.63, 3.8) is 0 Å². The molecule has 1 atom stereocenters. The highest BCUT2D eigenvalue weighted by molar-refractivity contribution is 5.76. The van der Waals surface area contributed by atoms with Gasteiger partial charge in [-0.3, -0.25) is 4.79 Å². The molecule has 1 fully saturated rings. The molecule has 110 valence electrons. The van der Waals surface area contributed by atoms with E-state index in [0.29, 0.717) is 6.42 Å². The van der Waals surface area contributed by atoms with Crippen LogP contribution < -0.4 is 5.73 Å². The van der Waals surface area contributed by atoms with Crippen molar-refractivity contribution < 1.29 is 4.79 Å². The zero-order valence-corrected chi connectivity index (χ0v) is 12.3. The van der Waals surface area contributed by atoms with E-state index in [1.54, 1.807) is 4.90 Å². The van der Waals surface area contributed by atoms with E-state index in [0.717, 1.165) is 18.7 Å². The van der Waals surface area contributed by atoms with Crippen molar-refractivity contribution in [2.75, 3.05) is 33.2 Å². The summed E-state index contributed by atoms with van der Waals surface area (Å²) in [5.41, 5.74) is 7.12. The second-order valence-corrected chi connectivity index (χ2v) is 5.59. The molecule has 20 heavy (non-hydrogen) atoms. The summed E-state index contributed by atoms with van der Waals surface area (Å²) in [6.07, 6.45) is 2.95. The predicted molar refractivity (Wildman–Crippen MR) is 81.3 cm³/mol. The minimum Gasteiger partial charge on any atom is -0.344 e. The van der Waals surface area contributed by atoms with Gasteiger partial charge in [0.1, 0.15) is 0 Å². The van der Waals surface area contributed by atoms with E-state index in [-0.39, 0.29) is 11.9 Å². The molecule has 1 saturated heterocycles. The number of likely N-dealkylation sites (tertiary alicyclic amines) is 1. The van der Waals surface area contributed by atoms with E-state index in [1.807, 2.05) is 37.4 Å². The first-order chi connectivity index (χ1) is 9.66. The number of carbonyl (C=O) groups is 1. The fraction of sp³-hybridized carbons (Fsp3) is 0.562. The van der Waals surface area contributed by atoms with Crippen molar-refractivity contribution >= 4 is 5.91 Å². The Balaban J connectivity index is 1.75. The Bertz CT molecular complexity index is 415. The van der Waals surface area contributed by atoms with E-state index in [9.17, 15) is 4.79 Å². The lowest BCUT2D eigenvalue weighted by atomic mass is 10.0. The minimum absolute atomic E-state index is 0.126. The van der Waals surface area contributed by atoms with E-state index in [4.69, 9.17) is 5.73 Å². The molecule has 0 aliphatic carbocycles. The second-order valence-electron chi connectivity index (χ2n) is 5.59. The Morgan fingerprint density at radius 1 is 1.30 bits per heavy atom. The normalized spacial score (nSPS) is 17.1. The topological polar surface area (TPSA) is 49.6 Å². The van der Waals surface area contributed by atoms with Crippen molar-refractivity contribution in [1.29, 1.82) is 0 Å². The smallest absolute Gasteiger partial charge is 0.224 e. The Morgan fingerprint density at radius 2 is 1.95 bits per heavy atom. The van der Waals surface area contributed by atoms with Crippen LogP contribution >= 0.6 is 0 Å². The van der Waals surface area contributed by atoms with Crippen LogP contribution in [0.15, 0.2) is 30.3 Å². The summed E-state index contributed by atoms with van der Waals surface area (Å²) in [6, 6.07) is 9.61. The fourth-order valence-corrected chi connectivity index (χ4v) is 2.58. The molecule has 1 aromatic rings. The maximum atomic E-state index is 12.2. The molecular formula is C16H25N3O. The highest BCUT2D eigenvalue weighted by atomic mass is 16.2. The van der Waals surface area contributed by atoms with Crippen LogP contribution in [0, 0.1) is 0 Å². The van der Waals surface area contributed by atoms with E-state index in [2.05, 4.69) is 4.90 Å². The summed E-state index contributed by atoms with van der Waals surface area (Å²) >= 11 is 0. The minimum atomic E-state index is -0.210. The van der Waals surface area contributed by atoms with Gasteiger partial charge in [-0.25, -0.2) is 0 Å². The third-order valence-corrected chi connectivity index (χ3v) is 4.00. The van der Waals surface area contributed by atoms with Crippen molar-refractivity contribution in [2.45, 2.75) is 25.3 Å². The first-order valence-electron chi connectivity index (χ1n) is 7.43. The monoisotopic (exact) mass is 275 g/mol. The number of rotatable bonds is 6. The van der Waals surface area contributed by atoms with Crippen LogP contribution in [0.1, 0.15) is 30.9 Å². The SMILES string of the molecule is CN(CCN1CCCC1)C(=O)CC(N)c1ccccc1. The van der Waals surface area contributed by atoms with Crippen LogP contribution in [0.3, 0.4) is 0 Å². The van der Waals surface area contributed by atoms with Gasteiger partial charge in [0.2, 0.25) is 5.91 Å². The van der Waals surface area contributed by atoms with Crippen LogP contribution in [-0.4, -0.2) is 48.9 Å². The quantitative estimate of drug-likeness (QED) is 0.858. The molecule has 0 aromatic heterocycles. The molecule has 1 heterocycles. The van der Waals surface area contributed by atoms with Crippen LogP contribution in [-0.2, 0) is 4.79 Å². The predicted octanol–water partition coefficient (Wildman–Crippen LogP) is 1.63. The molecule has 0 saturated carbocycles. The van der Waals surface area contributed by atoms with Crippen LogP contribution in [0.5, 0.6) is 0 Å². The van der Waals surface area contributed by atoms with Crippen molar-refractivity contribution in [1.82, 2.24) is 9.80 Å². The summed E-state index contributed by atoms with van der Waals surface area (Å²) in [4.78, 5) is 16.4. The third-order valence-electron chi connectivity index (χ3n) is 4.00. The zero-order chi connectivity index (χ0) is 14.4. The molecule has 1 aromatic carbocycles. The average Bonchev–Trinajstić information content (AvgIpc) is 2.98. The lowest BCUT2D eigenvalue weighted by molar-refractivity contribution is -0.130. The molecule has 1 unspecified atom stereocenters. The molecule has 1 amide bonds. The first-order valence-corrected chi connectivity index (χ1v) is 7.43.